The number of esters is 1. The van der Waals surface area contributed by atoms with Gasteiger partial charge in [0, 0.05) is 31.9 Å². The molecular weight excluding hydrogens is 324 g/mol. The summed E-state index contributed by atoms with van der Waals surface area (Å²) in [6, 6.07) is 10.1. The van der Waals surface area contributed by atoms with Crippen molar-refractivity contribution in [3.63, 3.8) is 0 Å². The molecule has 9 heteroatoms. The van der Waals surface area contributed by atoms with Crippen LogP contribution < -0.4 is 4.90 Å². The minimum absolute atomic E-state index is 0.119. The Morgan fingerprint density at radius 2 is 1.88 bits per heavy atom. The van der Waals surface area contributed by atoms with E-state index in [9.17, 15) is 9.59 Å². The van der Waals surface area contributed by atoms with Gasteiger partial charge in [-0.2, -0.15) is 0 Å². The Morgan fingerprint density at radius 3 is 2.52 bits per heavy atom. The third-order valence-corrected chi connectivity index (χ3v) is 4.05. The summed E-state index contributed by atoms with van der Waals surface area (Å²) in [7, 11) is 0. The number of benzene rings is 1. The first-order valence-corrected chi connectivity index (χ1v) is 8.12. The van der Waals surface area contributed by atoms with Gasteiger partial charge in [0.25, 0.3) is 5.91 Å². The van der Waals surface area contributed by atoms with E-state index < -0.39 is 12.1 Å². The van der Waals surface area contributed by atoms with E-state index in [0.29, 0.717) is 13.1 Å². The van der Waals surface area contributed by atoms with Crippen molar-refractivity contribution in [3.05, 3.63) is 36.7 Å². The summed E-state index contributed by atoms with van der Waals surface area (Å²) in [5.41, 5.74) is 1.15. The van der Waals surface area contributed by atoms with E-state index in [2.05, 4.69) is 32.6 Å². The lowest BCUT2D eigenvalue weighted by atomic mass is 10.2. The molecule has 0 saturated carbocycles. The minimum atomic E-state index is -0.827. The van der Waals surface area contributed by atoms with Crippen LogP contribution in [0.1, 0.15) is 6.92 Å². The topological polar surface area (TPSA) is 93.4 Å². The lowest BCUT2D eigenvalue weighted by molar-refractivity contribution is -0.159. The molecule has 0 unspecified atom stereocenters. The molecular formula is C16H20N6O3. The zero-order valence-corrected chi connectivity index (χ0v) is 14.0. The van der Waals surface area contributed by atoms with Gasteiger partial charge in [0.2, 0.25) is 0 Å². The first kappa shape index (κ1) is 16.9. The second kappa shape index (κ2) is 7.73. The van der Waals surface area contributed by atoms with Crippen molar-refractivity contribution in [2.45, 2.75) is 19.6 Å². The van der Waals surface area contributed by atoms with Crippen LogP contribution in [0.15, 0.2) is 36.7 Å². The van der Waals surface area contributed by atoms with Gasteiger partial charge in [-0.15, -0.1) is 5.10 Å². The largest absolute Gasteiger partial charge is 0.451 e. The third kappa shape index (κ3) is 4.31. The van der Waals surface area contributed by atoms with Crippen LogP contribution in [0.25, 0.3) is 0 Å². The van der Waals surface area contributed by atoms with Crippen LogP contribution in [0, 0.1) is 0 Å². The number of amides is 1. The number of ether oxygens (including phenoxy) is 1. The molecule has 2 heterocycles. The highest BCUT2D eigenvalue weighted by atomic mass is 16.5. The van der Waals surface area contributed by atoms with Gasteiger partial charge in [0.15, 0.2) is 6.10 Å². The highest BCUT2D eigenvalue weighted by Gasteiger charge is 2.27. The summed E-state index contributed by atoms with van der Waals surface area (Å²) < 4.78 is 6.44. The molecule has 0 aliphatic carbocycles. The zero-order chi connectivity index (χ0) is 17.6. The summed E-state index contributed by atoms with van der Waals surface area (Å²) in [5.74, 6) is -0.728. The summed E-state index contributed by atoms with van der Waals surface area (Å²) in [6.07, 6.45) is 0.489. The fourth-order valence-electron chi connectivity index (χ4n) is 2.75. The van der Waals surface area contributed by atoms with Gasteiger partial charge in [-0.05, 0) is 29.5 Å². The zero-order valence-electron chi connectivity index (χ0n) is 14.0. The third-order valence-electron chi connectivity index (χ3n) is 4.05. The molecule has 1 amide bonds. The number of para-hydroxylation sites is 1. The molecule has 132 valence electrons. The number of tetrazole rings is 1. The molecule has 0 spiro atoms. The van der Waals surface area contributed by atoms with Crippen LogP contribution >= 0.6 is 0 Å². The molecule has 9 nitrogen and oxygen atoms in total. The molecule has 25 heavy (non-hydrogen) atoms. The molecule has 1 fully saturated rings. The van der Waals surface area contributed by atoms with Crippen molar-refractivity contribution >= 4 is 17.6 Å². The molecule has 1 aliphatic rings. The number of piperazine rings is 1. The maximum atomic E-state index is 12.5. The number of hydrogen-bond donors (Lipinski definition) is 0. The van der Waals surface area contributed by atoms with Crippen molar-refractivity contribution < 1.29 is 14.3 Å². The molecule has 0 N–H and O–H groups in total. The van der Waals surface area contributed by atoms with Crippen molar-refractivity contribution in [3.8, 4) is 0 Å². The van der Waals surface area contributed by atoms with E-state index in [1.807, 2.05) is 18.2 Å². The molecule has 3 rings (SSSR count). The summed E-state index contributed by atoms with van der Waals surface area (Å²) >= 11 is 0. The molecule has 2 aromatic rings. The number of hydrogen-bond acceptors (Lipinski definition) is 7. The Labute approximate surface area is 145 Å². The van der Waals surface area contributed by atoms with E-state index in [-0.39, 0.29) is 12.5 Å². The Balaban J connectivity index is 1.47. The van der Waals surface area contributed by atoms with E-state index in [1.165, 1.54) is 11.0 Å². The Morgan fingerprint density at radius 1 is 1.16 bits per heavy atom. The molecule has 1 atom stereocenters. The highest BCUT2D eigenvalue weighted by Crippen LogP contribution is 2.16. The second-order valence-corrected chi connectivity index (χ2v) is 5.79. The van der Waals surface area contributed by atoms with Crippen molar-refractivity contribution in [2.75, 3.05) is 31.1 Å². The summed E-state index contributed by atoms with van der Waals surface area (Å²) in [4.78, 5) is 28.3. The normalized spacial score (nSPS) is 15.7. The Hall–Kier alpha value is -2.97. The Bertz CT molecular complexity index is 698. The average molecular weight is 344 g/mol. The maximum Gasteiger partial charge on any atom is 0.328 e. The first-order valence-electron chi connectivity index (χ1n) is 8.12. The van der Waals surface area contributed by atoms with Crippen LogP contribution in [-0.2, 0) is 20.9 Å². The van der Waals surface area contributed by atoms with E-state index >= 15 is 0 Å². The quantitative estimate of drug-likeness (QED) is 0.702. The molecule has 1 aliphatic heterocycles. The minimum Gasteiger partial charge on any atom is -0.451 e. The number of carbonyl (C=O) groups is 2. The number of nitrogens with zero attached hydrogens (tertiary/aromatic N) is 6. The van der Waals surface area contributed by atoms with Gasteiger partial charge in [-0.1, -0.05) is 18.2 Å². The van der Waals surface area contributed by atoms with Crippen molar-refractivity contribution in [1.82, 2.24) is 25.1 Å². The lowest BCUT2D eigenvalue weighted by Crippen LogP contribution is -2.51. The first-order chi connectivity index (χ1) is 12.1. The summed E-state index contributed by atoms with van der Waals surface area (Å²) in [5, 5.41) is 10.5. The average Bonchev–Trinajstić information content (AvgIpc) is 3.14. The second-order valence-electron chi connectivity index (χ2n) is 5.79. The molecule has 0 bridgehead atoms. The predicted octanol–water partition coefficient (Wildman–Crippen LogP) is -0.0464. The number of carbonyl (C=O) groups excluding carboxylic acids is 2. The van der Waals surface area contributed by atoms with Gasteiger partial charge in [0.1, 0.15) is 12.9 Å². The molecule has 1 saturated heterocycles. The lowest BCUT2D eigenvalue weighted by Gasteiger charge is -2.37. The molecule has 1 aromatic heterocycles. The highest BCUT2D eigenvalue weighted by molar-refractivity contribution is 5.83. The van der Waals surface area contributed by atoms with Crippen LogP contribution in [-0.4, -0.2) is 69.3 Å². The SMILES string of the molecule is C[C@H](OC(=O)Cn1cnnn1)C(=O)N1CCN(c2ccccc2)CC1. The van der Waals surface area contributed by atoms with Crippen LogP contribution in [0.4, 0.5) is 5.69 Å². The van der Waals surface area contributed by atoms with Crippen LogP contribution in [0.3, 0.4) is 0 Å². The standard InChI is InChI=1S/C16H20N6O3/c1-13(25-15(23)11-22-12-17-18-19-22)16(24)21-9-7-20(8-10-21)14-5-3-2-4-6-14/h2-6,12-13H,7-11H2,1H3/t13-/m0/s1. The molecule has 1 aromatic carbocycles. The Kier molecular flexibility index (Phi) is 5.22. The van der Waals surface area contributed by atoms with Crippen molar-refractivity contribution in [2.24, 2.45) is 0 Å². The van der Waals surface area contributed by atoms with Gasteiger partial charge in [-0.3, -0.25) is 9.59 Å². The summed E-state index contributed by atoms with van der Waals surface area (Å²) in [6.45, 7) is 4.17. The van der Waals surface area contributed by atoms with Crippen LogP contribution in [0.2, 0.25) is 0 Å². The van der Waals surface area contributed by atoms with Gasteiger partial charge in [-0.25, -0.2) is 4.68 Å². The van der Waals surface area contributed by atoms with Gasteiger partial charge >= 0.3 is 5.97 Å². The number of rotatable bonds is 5. The maximum absolute atomic E-state index is 12.5. The van der Waals surface area contributed by atoms with E-state index in [4.69, 9.17) is 4.74 Å². The fourth-order valence-corrected chi connectivity index (χ4v) is 2.75. The fraction of sp³-hybridized carbons (Fsp3) is 0.438. The number of aromatic nitrogens is 4. The number of anilines is 1. The van der Waals surface area contributed by atoms with Crippen LogP contribution in [0.5, 0.6) is 0 Å². The van der Waals surface area contributed by atoms with Crippen molar-refractivity contribution in [1.29, 1.82) is 0 Å². The monoisotopic (exact) mass is 344 g/mol. The van der Waals surface area contributed by atoms with E-state index in [1.54, 1.807) is 11.8 Å². The smallest absolute Gasteiger partial charge is 0.328 e. The predicted molar refractivity (Wildman–Crippen MR) is 88.6 cm³/mol. The molecule has 0 radical (unpaired) electrons. The van der Waals surface area contributed by atoms with Gasteiger partial charge < -0.3 is 14.5 Å². The van der Waals surface area contributed by atoms with Gasteiger partial charge in [0.05, 0.1) is 0 Å². The van der Waals surface area contributed by atoms with E-state index in [0.717, 1.165) is 18.8 Å².